The number of rotatable bonds is 6. The van der Waals surface area contributed by atoms with Gasteiger partial charge in [-0.15, -0.1) is 10.2 Å². The Balaban J connectivity index is 2.31. The van der Waals surface area contributed by atoms with E-state index in [0.29, 0.717) is 13.2 Å². The lowest BCUT2D eigenvalue weighted by Crippen LogP contribution is -2.06. The van der Waals surface area contributed by atoms with Crippen molar-refractivity contribution in [3.63, 3.8) is 0 Å². The Bertz CT molecular complexity index is 240. The van der Waals surface area contributed by atoms with Gasteiger partial charge in [0.05, 0.1) is 6.61 Å². The molecule has 0 aromatic carbocycles. The average molecular weight is 202 g/mol. The Kier molecular flexibility index (Phi) is 4.66. The van der Waals surface area contributed by atoms with Gasteiger partial charge in [-0.25, -0.2) is 0 Å². The third-order valence-electron chi connectivity index (χ3n) is 1.41. The van der Waals surface area contributed by atoms with Crippen LogP contribution in [0.2, 0.25) is 0 Å². The number of nitrogens with two attached hydrogens (primary N) is 1. The Morgan fingerprint density at radius 1 is 1.54 bits per heavy atom. The second-order valence-corrected chi connectivity index (χ2v) is 3.52. The first-order chi connectivity index (χ1) is 6.36. The van der Waals surface area contributed by atoms with Crippen molar-refractivity contribution in [2.45, 2.75) is 6.42 Å². The Labute approximate surface area is 81.3 Å². The van der Waals surface area contributed by atoms with E-state index in [2.05, 4.69) is 15.5 Å². The molecule has 0 bridgehead atoms. The third-order valence-corrected chi connectivity index (χ3v) is 2.35. The molecule has 0 amide bonds. The van der Waals surface area contributed by atoms with Crippen molar-refractivity contribution in [1.29, 1.82) is 0 Å². The Morgan fingerprint density at radius 3 is 3.08 bits per heavy atom. The number of hydrogen-bond donors (Lipinski definition) is 2. The number of methoxy groups -OCH3 is 1. The summed E-state index contributed by atoms with van der Waals surface area (Å²) in [5.41, 5.74) is 5.39. The third kappa shape index (κ3) is 3.67. The van der Waals surface area contributed by atoms with Crippen LogP contribution in [0.1, 0.15) is 5.01 Å². The fraction of sp³-hybridized carbons (Fsp3) is 0.714. The average Bonchev–Trinajstić information content (AvgIpc) is 2.54. The molecule has 0 atom stereocenters. The number of ether oxygens (including phenoxy) is 1. The summed E-state index contributed by atoms with van der Waals surface area (Å²) in [6.07, 6.45) is 0.795. The maximum absolute atomic E-state index is 5.39. The van der Waals surface area contributed by atoms with E-state index < -0.39 is 0 Å². The lowest BCUT2D eigenvalue weighted by Gasteiger charge is -1.98. The van der Waals surface area contributed by atoms with Crippen LogP contribution in [-0.2, 0) is 11.2 Å². The van der Waals surface area contributed by atoms with Gasteiger partial charge in [0.1, 0.15) is 5.01 Å². The van der Waals surface area contributed by atoms with Crippen LogP contribution in [0.5, 0.6) is 0 Å². The maximum atomic E-state index is 5.39. The topological polar surface area (TPSA) is 73.1 Å². The molecule has 0 radical (unpaired) electrons. The SMILES string of the molecule is COCCNc1nnc(CCN)s1. The highest BCUT2D eigenvalue weighted by atomic mass is 32.1. The summed E-state index contributed by atoms with van der Waals surface area (Å²) < 4.78 is 4.89. The van der Waals surface area contributed by atoms with Crippen LogP contribution < -0.4 is 11.1 Å². The van der Waals surface area contributed by atoms with Crippen molar-refractivity contribution in [3.05, 3.63) is 5.01 Å². The molecular formula is C7H14N4OS. The molecule has 13 heavy (non-hydrogen) atoms. The first-order valence-corrected chi connectivity index (χ1v) is 4.93. The zero-order valence-electron chi connectivity index (χ0n) is 7.62. The normalized spacial score (nSPS) is 10.3. The standard InChI is InChI=1S/C7H14N4OS/c1-12-5-4-9-7-11-10-6(13-7)2-3-8/h2-5,8H2,1H3,(H,9,11). The van der Waals surface area contributed by atoms with E-state index in [4.69, 9.17) is 10.5 Å². The second kappa shape index (κ2) is 5.85. The van der Waals surface area contributed by atoms with E-state index in [-0.39, 0.29) is 0 Å². The molecule has 0 saturated heterocycles. The zero-order chi connectivity index (χ0) is 9.52. The molecule has 6 heteroatoms. The van der Waals surface area contributed by atoms with Crippen LogP contribution in [0.25, 0.3) is 0 Å². The molecule has 0 aliphatic carbocycles. The molecule has 3 N–H and O–H groups in total. The first kappa shape index (κ1) is 10.4. The van der Waals surface area contributed by atoms with E-state index in [1.807, 2.05) is 0 Å². The summed E-state index contributed by atoms with van der Waals surface area (Å²) in [7, 11) is 1.67. The maximum Gasteiger partial charge on any atom is 0.205 e. The highest BCUT2D eigenvalue weighted by Gasteiger charge is 2.01. The predicted octanol–water partition coefficient (Wildman–Crippen LogP) is 0.0976. The van der Waals surface area contributed by atoms with Crippen LogP contribution in [0.15, 0.2) is 0 Å². The van der Waals surface area contributed by atoms with Crippen molar-refractivity contribution in [1.82, 2.24) is 10.2 Å². The van der Waals surface area contributed by atoms with Crippen LogP contribution in [0.4, 0.5) is 5.13 Å². The fourth-order valence-corrected chi connectivity index (χ4v) is 1.59. The summed E-state index contributed by atoms with van der Waals surface area (Å²) >= 11 is 1.54. The van der Waals surface area contributed by atoms with E-state index >= 15 is 0 Å². The quantitative estimate of drug-likeness (QED) is 0.640. The minimum Gasteiger partial charge on any atom is -0.383 e. The molecule has 1 rings (SSSR count). The molecule has 1 aromatic heterocycles. The minimum absolute atomic E-state index is 0.618. The van der Waals surface area contributed by atoms with Crippen LogP contribution in [0.3, 0.4) is 0 Å². The molecule has 0 fully saturated rings. The largest absolute Gasteiger partial charge is 0.383 e. The van der Waals surface area contributed by atoms with E-state index in [9.17, 15) is 0 Å². The van der Waals surface area contributed by atoms with E-state index in [1.165, 1.54) is 11.3 Å². The molecule has 5 nitrogen and oxygen atoms in total. The number of nitrogens with zero attached hydrogens (tertiary/aromatic N) is 2. The smallest absolute Gasteiger partial charge is 0.205 e. The highest BCUT2D eigenvalue weighted by Crippen LogP contribution is 2.14. The summed E-state index contributed by atoms with van der Waals surface area (Å²) in [4.78, 5) is 0. The number of aromatic nitrogens is 2. The number of anilines is 1. The summed E-state index contributed by atoms with van der Waals surface area (Å²) in [5.74, 6) is 0. The van der Waals surface area contributed by atoms with Gasteiger partial charge in [-0.05, 0) is 6.54 Å². The molecule has 0 saturated carbocycles. The van der Waals surface area contributed by atoms with Crippen LogP contribution >= 0.6 is 11.3 Å². The van der Waals surface area contributed by atoms with Crippen LogP contribution in [-0.4, -0.2) is 37.0 Å². The molecule has 0 spiro atoms. The Hall–Kier alpha value is -0.720. The fourth-order valence-electron chi connectivity index (χ4n) is 0.810. The summed E-state index contributed by atoms with van der Waals surface area (Å²) in [6.45, 7) is 2.05. The van der Waals surface area contributed by atoms with Gasteiger partial charge >= 0.3 is 0 Å². The summed E-state index contributed by atoms with van der Waals surface area (Å²) in [6, 6.07) is 0. The predicted molar refractivity (Wildman–Crippen MR) is 53.0 cm³/mol. The van der Waals surface area contributed by atoms with Gasteiger partial charge in [-0.3, -0.25) is 0 Å². The molecule has 0 unspecified atom stereocenters. The lowest BCUT2D eigenvalue weighted by atomic mass is 10.5. The van der Waals surface area contributed by atoms with Gasteiger partial charge in [0.15, 0.2) is 0 Å². The summed E-state index contributed by atoms with van der Waals surface area (Å²) in [5, 5.41) is 12.8. The van der Waals surface area contributed by atoms with Gasteiger partial charge in [-0.2, -0.15) is 0 Å². The minimum atomic E-state index is 0.618. The highest BCUT2D eigenvalue weighted by molar-refractivity contribution is 7.15. The second-order valence-electron chi connectivity index (χ2n) is 2.46. The van der Waals surface area contributed by atoms with Crippen molar-refractivity contribution in [2.24, 2.45) is 5.73 Å². The van der Waals surface area contributed by atoms with Crippen molar-refractivity contribution >= 4 is 16.5 Å². The van der Waals surface area contributed by atoms with Gasteiger partial charge in [0.2, 0.25) is 5.13 Å². The van der Waals surface area contributed by atoms with Gasteiger partial charge in [0.25, 0.3) is 0 Å². The van der Waals surface area contributed by atoms with Crippen molar-refractivity contribution < 1.29 is 4.74 Å². The number of hydrogen-bond acceptors (Lipinski definition) is 6. The van der Waals surface area contributed by atoms with Gasteiger partial charge in [-0.1, -0.05) is 11.3 Å². The molecular weight excluding hydrogens is 188 g/mol. The van der Waals surface area contributed by atoms with Gasteiger partial charge in [0, 0.05) is 20.1 Å². The van der Waals surface area contributed by atoms with Crippen LogP contribution in [0, 0.1) is 0 Å². The molecule has 1 aromatic rings. The Morgan fingerprint density at radius 2 is 2.38 bits per heavy atom. The molecule has 0 aliphatic heterocycles. The molecule has 74 valence electrons. The van der Waals surface area contributed by atoms with E-state index in [0.717, 1.165) is 23.1 Å². The zero-order valence-corrected chi connectivity index (χ0v) is 8.43. The monoisotopic (exact) mass is 202 g/mol. The molecule has 0 aliphatic rings. The van der Waals surface area contributed by atoms with Crippen molar-refractivity contribution in [3.8, 4) is 0 Å². The number of nitrogens with one attached hydrogen (secondary N) is 1. The lowest BCUT2D eigenvalue weighted by molar-refractivity contribution is 0.211. The molecule has 1 heterocycles. The van der Waals surface area contributed by atoms with Gasteiger partial charge < -0.3 is 15.8 Å². The van der Waals surface area contributed by atoms with Crippen molar-refractivity contribution in [2.75, 3.05) is 32.1 Å². The van der Waals surface area contributed by atoms with E-state index in [1.54, 1.807) is 7.11 Å². The first-order valence-electron chi connectivity index (χ1n) is 4.12.